The summed E-state index contributed by atoms with van der Waals surface area (Å²) in [4.78, 5) is 12.1. The number of carbonyl (C=O) groups excluding carboxylic acids is 1. The Bertz CT molecular complexity index is 348. The van der Waals surface area contributed by atoms with E-state index in [0.717, 1.165) is 6.42 Å². The van der Waals surface area contributed by atoms with Crippen molar-refractivity contribution in [2.45, 2.75) is 45.6 Å². The molecule has 0 unspecified atom stereocenters. The van der Waals surface area contributed by atoms with Gasteiger partial charge in [0.25, 0.3) is 0 Å². The molecule has 1 N–H and O–H groups in total. The Morgan fingerprint density at radius 3 is 2.00 bits per heavy atom. The van der Waals surface area contributed by atoms with Crippen molar-refractivity contribution in [2.24, 2.45) is 0 Å². The lowest BCUT2D eigenvalue weighted by Gasteiger charge is -2.23. The topological polar surface area (TPSA) is 37.3 Å². The first-order chi connectivity index (χ1) is 7.57. The molecule has 88 valence electrons. The van der Waals surface area contributed by atoms with E-state index in [1.54, 1.807) is 12.1 Å². The van der Waals surface area contributed by atoms with E-state index in [9.17, 15) is 9.90 Å². The highest BCUT2D eigenvalue weighted by atomic mass is 16.3. The monoisotopic (exact) mass is 220 g/mol. The number of hydrogen-bond donors (Lipinski definition) is 1. The molecule has 0 heterocycles. The molecule has 0 saturated heterocycles. The molecule has 0 aromatic heterocycles. The van der Waals surface area contributed by atoms with Gasteiger partial charge in [-0.3, -0.25) is 4.79 Å². The summed E-state index contributed by atoms with van der Waals surface area (Å²) in [7, 11) is 0. The smallest absolute Gasteiger partial charge is 0.194 e. The number of rotatable bonds is 5. The van der Waals surface area contributed by atoms with E-state index in [1.807, 2.05) is 26.0 Å². The van der Waals surface area contributed by atoms with Crippen molar-refractivity contribution in [1.29, 1.82) is 0 Å². The molecule has 0 spiro atoms. The van der Waals surface area contributed by atoms with Gasteiger partial charge in [0, 0.05) is 5.56 Å². The van der Waals surface area contributed by atoms with Gasteiger partial charge in [0.1, 0.15) is 5.60 Å². The van der Waals surface area contributed by atoms with Gasteiger partial charge in [0.2, 0.25) is 0 Å². The zero-order valence-electron chi connectivity index (χ0n) is 10.3. The Morgan fingerprint density at radius 1 is 1.12 bits per heavy atom. The quantitative estimate of drug-likeness (QED) is 0.774. The summed E-state index contributed by atoms with van der Waals surface area (Å²) in [6, 6.07) is 7.49. The first-order valence-corrected chi connectivity index (χ1v) is 5.93. The van der Waals surface area contributed by atoms with Gasteiger partial charge in [-0.25, -0.2) is 0 Å². The largest absolute Gasteiger partial charge is 0.382 e. The zero-order valence-corrected chi connectivity index (χ0v) is 10.3. The molecular formula is C14H20O2. The number of aliphatic hydroxyl groups is 1. The van der Waals surface area contributed by atoms with Gasteiger partial charge < -0.3 is 5.11 Å². The molecule has 1 aromatic rings. The summed E-state index contributed by atoms with van der Waals surface area (Å²) in [5.41, 5.74) is 0.602. The molecule has 2 nitrogen and oxygen atoms in total. The van der Waals surface area contributed by atoms with Crippen LogP contribution in [0.4, 0.5) is 0 Å². The number of aryl methyl sites for hydroxylation is 1. The summed E-state index contributed by atoms with van der Waals surface area (Å²) in [5.74, 6) is -0.167. The van der Waals surface area contributed by atoms with E-state index in [-0.39, 0.29) is 5.78 Å². The third-order valence-corrected chi connectivity index (χ3v) is 3.22. The summed E-state index contributed by atoms with van der Waals surface area (Å²) >= 11 is 0. The van der Waals surface area contributed by atoms with Crippen molar-refractivity contribution in [3.63, 3.8) is 0 Å². The van der Waals surface area contributed by atoms with Crippen LogP contribution < -0.4 is 0 Å². The van der Waals surface area contributed by atoms with Crippen molar-refractivity contribution >= 4 is 5.78 Å². The molecule has 2 heteroatoms. The van der Waals surface area contributed by atoms with Crippen LogP contribution in [0.5, 0.6) is 0 Å². The highest BCUT2D eigenvalue weighted by molar-refractivity contribution is 6.02. The van der Waals surface area contributed by atoms with Crippen LogP contribution in [0.25, 0.3) is 0 Å². The molecule has 1 rings (SSSR count). The van der Waals surface area contributed by atoms with Crippen LogP contribution in [-0.2, 0) is 6.42 Å². The third kappa shape index (κ3) is 2.50. The summed E-state index contributed by atoms with van der Waals surface area (Å²) < 4.78 is 0. The van der Waals surface area contributed by atoms with Crippen LogP contribution in [0.3, 0.4) is 0 Å². The van der Waals surface area contributed by atoms with Gasteiger partial charge in [-0.2, -0.15) is 0 Å². The zero-order chi connectivity index (χ0) is 12.2. The molecule has 0 amide bonds. The number of hydrogen-bond acceptors (Lipinski definition) is 2. The molecule has 0 bridgehead atoms. The van der Waals surface area contributed by atoms with Crippen molar-refractivity contribution < 1.29 is 9.90 Å². The lowest BCUT2D eigenvalue weighted by atomic mass is 9.88. The second-order valence-corrected chi connectivity index (χ2v) is 4.12. The van der Waals surface area contributed by atoms with Gasteiger partial charge in [0.15, 0.2) is 5.78 Å². The van der Waals surface area contributed by atoms with E-state index < -0.39 is 5.60 Å². The van der Waals surface area contributed by atoms with Crippen LogP contribution in [0.1, 0.15) is 49.5 Å². The fourth-order valence-electron chi connectivity index (χ4n) is 1.73. The highest BCUT2D eigenvalue weighted by Crippen LogP contribution is 2.21. The second-order valence-electron chi connectivity index (χ2n) is 4.12. The minimum atomic E-state index is -1.20. The molecule has 0 atom stereocenters. The normalized spacial score (nSPS) is 11.5. The lowest BCUT2D eigenvalue weighted by molar-refractivity contribution is 0.0277. The molecule has 0 aliphatic rings. The number of benzene rings is 1. The van der Waals surface area contributed by atoms with Crippen LogP contribution in [0.15, 0.2) is 24.3 Å². The van der Waals surface area contributed by atoms with E-state index >= 15 is 0 Å². The first kappa shape index (κ1) is 12.9. The predicted octanol–water partition coefficient (Wildman–Crippen LogP) is 2.98. The minimum Gasteiger partial charge on any atom is -0.382 e. The molecule has 1 aromatic carbocycles. The molecule has 0 aliphatic heterocycles. The first-order valence-electron chi connectivity index (χ1n) is 5.93. The van der Waals surface area contributed by atoms with Gasteiger partial charge >= 0.3 is 0 Å². The molecule has 0 aliphatic carbocycles. The van der Waals surface area contributed by atoms with Crippen molar-refractivity contribution in [1.82, 2.24) is 0 Å². The highest BCUT2D eigenvalue weighted by Gasteiger charge is 2.32. The Balaban J connectivity index is 2.95. The maximum absolute atomic E-state index is 12.1. The van der Waals surface area contributed by atoms with Gasteiger partial charge in [-0.05, 0) is 24.8 Å². The Morgan fingerprint density at radius 2 is 1.62 bits per heavy atom. The van der Waals surface area contributed by atoms with Gasteiger partial charge in [0.05, 0.1) is 0 Å². The summed E-state index contributed by atoms with van der Waals surface area (Å²) in [6.07, 6.45) is 1.87. The molecule has 0 saturated carbocycles. The average Bonchev–Trinajstić information content (AvgIpc) is 2.37. The fraction of sp³-hybridized carbons (Fsp3) is 0.500. The lowest BCUT2D eigenvalue weighted by Crippen LogP contribution is -2.37. The van der Waals surface area contributed by atoms with Crippen LogP contribution >= 0.6 is 0 Å². The SMILES string of the molecule is CCc1ccc(C(=O)C(O)(CC)CC)cc1. The molecule has 16 heavy (non-hydrogen) atoms. The Hall–Kier alpha value is -1.15. The van der Waals surface area contributed by atoms with Gasteiger partial charge in [-0.1, -0.05) is 45.0 Å². The Labute approximate surface area is 97.3 Å². The average molecular weight is 220 g/mol. The Kier molecular flexibility index (Phi) is 4.25. The van der Waals surface area contributed by atoms with Crippen molar-refractivity contribution in [3.05, 3.63) is 35.4 Å². The van der Waals surface area contributed by atoms with Crippen LogP contribution in [-0.4, -0.2) is 16.5 Å². The second kappa shape index (κ2) is 5.26. The van der Waals surface area contributed by atoms with Crippen molar-refractivity contribution in [3.8, 4) is 0 Å². The predicted molar refractivity (Wildman–Crippen MR) is 65.7 cm³/mol. The number of ketones is 1. The van der Waals surface area contributed by atoms with E-state index in [0.29, 0.717) is 18.4 Å². The molecular weight excluding hydrogens is 200 g/mol. The van der Waals surface area contributed by atoms with Crippen LogP contribution in [0, 0.1) is 0 Å². The molecule has 0 fully saturated rings. The van der Waals surface area contributed by atoms with Gasteiger partial charge in [-0.15, -0.1) is 0 Å². The fourth-order valence-corrected chi connectivity index (χ4v) is 1.73. The standard InChI is InChI=1S/C14H20O2/c1-4-11-7-9-12(10-8-11)13(15)14(16,5-2)6-3/h7-10,16H,4-6H2,1-3H3. The number of carbonyl (C=O) groups is 1. The molecule has 0 radical (unpaired) electrons. The minimum absolute atomic E-state index is 0.167. The number of Topliss-reactive ketones (excluding diaryl/α,β-unsaturated/α-hetero) is 1. The maximum atomic E-state index is 12.1. The third-order valence-electron chi connectivity index (χ3n) is 3.22. The van der Waals surface area contributed by atoms with E-state index in [4.69, 9.17) is 0 Å². The van der Waals surface area contributed by atoms with E-state index in [1.165, 1.54) is 5.56 Å². The van der Waals surface area contributed by atoms with Crippen molar-refractivity contribution in [2.75, 3.05) is 0 Å². The van der Waals surface area contributed by atoms with Crippen LogP contribution in [0.2, 0.25) is 0 Å². The summed E-state index contributed by atoms with van der Waals surface area (Å²) in [6.45, 7) is 5.74. The van der Waals surface area contributed by atoms with E-state index in [2.05, 4.69) is 6.92 Å². The summed E-state index contributed by atoms with van der Waals surface area (Å²) in [5, 5.41) is 10.1. The maximum Gasteiger partial charge on any atom is 0.194 e.